The lowest BCUT2D eigenvalue weighted by Gasteiger charge is -2.35. The van der Waals surface area contributed by atoms with Crippen molar-refractivity contribution in [2.75, 3.05) is 27.4 Å². The Kier molecular flexibility index (Phi) is 6.98. The van der Waals surface area contributed by atoms with E-state index in [1.54, 1.807) is 32.4 Å². The maximum Gasteiger partial charge on any atom is 0.169 e. The molecule has 5 nitrogen and oxygen atoms in total. The van der Waals surface area contributed by atoms with Crippen molar-refractivity contribution in [2.24, 2.45) is 4.74 Å². The first kappa shape index (κ1) is 21.0. The molecular weight excluding hydrogens is 373 g/mol. The van der Waals surface area contributed by atoms with E-state index in [0.717, 1.165) is 11.3 Å². The molecule has 0 saturated carbocycles. The first-order chi connectivity index (χ1) is 12.2. The van der Waals surface area contributed by atoms with Gasteiger partial charge in [-0.3, -0.25) is 0 Å². The summed E-state index contributed by atoms with van der Waals surface area (Å²) in [6.45, 7) is 9.10. The van der Waals surface area contributed by atoms with Crippen LogP contribution in [0, 0.1) is 6.92 Å². The predicted molar refractivity (Wildman–Crippen MR) is 108 cm³/mol. The van der Waals surface area contributed by atoms with Gasteiger partial charge in [-0.05, 0) is 37.3 Å². The minimum atomic E-state index is -2.58. The highest BCUT2D eigenvalue weighted by molar-refractivity contribution is 7.70. The fourth-order valence-corrected chi connectivity index (χ4v) is 5.69. The molecule has 0 spiro atoms. The summed E-state index contributed by atoms with van der Waals surface area (Å²) in [4.78, 5) is 0. The van der Waals surface area contributed by atoms with E-state index < -0.39 is 7.28 Å². The molecule has 2 aromatic rings. The Morgan fingerprint density at radius 1 is 1.12 bits per heavy atom. The largest absolute Gasteiger partial charge is 0.494 e. The van der Waals surface area contributed by atoms with E-state index in [9.17, 15) is 0 Å². The average molecular weight is 400 g/mol. The summed E-state index contributed by atoms with van der Waals surface area (Å²) in [5.41, 5.74) is 1.38. The van der Waals surface area contributed by atoms with E-state index in [1.165, 1.54) is 0 Å². The fourth-order valence-electron chi connectivity index (χ4n) is 2.55. The number of nitrogens with zero attached hydrogens (tertiary/aromatic N) is 1. The normalized spacial score (nSPS) is 14.1. The van der Waals surface area contributed by atoms with Gasteiger partial charge in [0, 0.05) is 17.3 Å². The van der Waals surface area contributed by atoms with E-state index in [1.807, 2.05) is 19.1 Å². The van der Waals surface area contributed by atoms with Crippen molar-refractivity contribution >= 4 is 30.1 Å². The molecule has 7 heteroatoms. The molecule has 26 heavy (non-hydrogen) atoms. The summed E-state index contributed by atoms with van der Waals surface area (Å²) in [6, 6.07) is 9.25. The summed E-state index contributed by atoms with van der Waals surface area (Å²) in [7, 11) is 0.678. The van der Waals surface area contributed by atoms with Gasteiger partial charge < -0.3 is 18.4 Å². The minimum Gasteiger partial charge on any atom is -0.494 e. The molecule has 0 N–H and O–H groups in total. The molecule has 1 aromatic carbocycles. The van der Waals surface area contributed by atoms with Crippen LogP contribution in [-0.4, -0.2) is 32.6 Å². The molecule has 144 valence electrons. The lowest BCUT2D eigenvalue weighted by molar-refractivity contribution is 0.150. The fraction of sp³-hybridized carbons (Fsp3) is 0.474. The van der Waals surface area contributed by atoms with Crippen molar-refractivity contribution in [1.29, 1.82) is 0 Å². The van der Waals surface area contributed by atoms with Crippen molar-refractivity contribution in [3.63, 3.8) is 0 Å². The van der Waals surface area contributed by atoms with E-state index in [-0.39, 0.29) is 5.16 Å². The van der Waals surface area contributed by atoms with Crippen LogP contribution in [-0.2, 0) is 9.26 Å². The third-order valence-electron chi connectivity index (χ3n) is 3.89. The van der Waals surface area contributed by atoms with Gasteiger partial charge >= 0.3 is 0 Å². The number of benzene rings is 1. The summed E-state index contributed by atoms with van der Waals surface area (Å²) < 4.78 is 28.1. The SMILES string of the molecule is COCCOP(=Nc1cc(Cl)ccc1OC)(c1ccc(C)o1)C(C)(C)C. The molecule has 1 heterocycles. The van der Waals surface area contributed by atoms with Gasteiger partial charge in [0.25, 0.3) is 0 Å². The van der Waals surface area contributed by atoms with Gasteiger partial charge in [0.15, 0.2) is 12.8 Å². The van der Waals surface area contributed by atoms with E-state index in [4.69, 9.17) is 34.8 Å². The van der Waals surface area contributed by atoms with Crippen LogP contribution in [0.4, 0.5) is 5.69 Å². The number of methoxy groups -OCH3 is 2. The molecule has 1 atom stereocenters. The lowest BCUT2D eigenvalue weighted by atomic mass is 10.3. The molecule has 1 aromatic heterocycles. The van der Waals surface area contributed by atoms with Gasteiger partial charge in [-0.15, -0.1) is 0 Å². The van der Waals surface area contributed by atoms with E-state index >= 15 is 0 Å². The van der Waals surface area contributed by atoms with Crippen LogP contribution < -0.4 is 10.2 Å². The van der Waals surface area contributed by atoms with Crippen LogP contribution in [0.2, 0.25) is 5.02 Å². The number of hydrogen-bond acceptors (Lipinski definition) is 5. The average Bonchev–Trinajstić information content (AvgIpc) is 3.00. The quantitative estimate of drug-likeness (QED) is 0.437. The summed E-state index contributed by atoms with van der Waals surface area (Å²) in [5, 5.41) is 0.280. The summed E-state index contributed by atoms with van der Waals surface area (Å²) in [6.07, 6.45) is 0. The van der Waals surface area contributed by atoms with E-state index in [0.29, 0.717) is 29.7 Å². The molecular formula is C19H27ClNO4P. The number of aryl methyl sites for hydroxylation is 1. The summed E-state index contributed by atoms with van der Waals surface area (Å²) >= 11 is 6.21. The summed E-state index contributed by atoms with van der Waals surface area (Å²) in [5.74, 6) is 1.46. The number of hydrogen-bond donors (Lipinski definition) is 0. The number of halogens is 1. The molecule has 0 bridgehead atoms. The molecule has 0 radical (unpaired) electrons. The van der Waals surface area contributed by atoms with Crippen molar-refractivity contribution in [3.8, 4) is 5.75 Å². The van der Waals surface area contributed by atoms with Crippen LogP contribution in [0.25, 0.3) is 0 Å². The standard InChI is InChI=1S/C19H27ClNO4P/c1-14-7-10-18(25-14)26(19(2,3)4,24-12-11-22-5)21-16-13-15(20)8-9-17(16)23-6/h7-10,13H,11-12H2,1-6H3. The molecule has 2 rings (SSSR count). The van der Waals surface area contributed by atoms with Crippen molar-refractivity contribution in [3.05, 3.63) is 41.1 Å². The van der Waals surface area contributed by atoms with Gasteiger partial charge in [0.1, 0.15) is 17.2 Å². The van der Waals surface area contributed by atoms with Crippen molar-refractivity contribution in [2.45, 2.75) is 32.9 Å². The molecule has 0 saturated heterocycles. The maximum absolute atomic E-state index is 6.40. The van der Waals surface area contributed by atoms with Crippen LogP contribution in [0.15, 0.2) is 39.5 Å². The first-order valence-electron chi connectivity index (χ1n) is 8.40. The third kappa shape index (κ3) is 4.52. The Morgan fingerprint density at radius 3 is 2.38 bits per heavy atom. The highest BCUT2D eigenvalue weighted by Crippen LogP contribution is 2.63. The highest BCUT2D eigenvalue weighted by Gasteiger charge is 2.40. The Labute approximate surface area is 160 Å². The second-order valence-corrected chi connectivity index (χ2v) is 10.7. The van der Waals surface area contributed by atoms with Crippen molar-refractivity contribution in [1.82, 2.24) is 0 Å². The number of furan rings is 1. The third-order valence-corrected chi connectivity index (χ3v) is 7.83. The van der Waals surface area contributed by atoms with Gasteiger partial charge in [-0.25, -0.2) is 4.74 Å². The molecule has 0 aliphatic heterocycles. The number of rotatable bonds is 7. The lowest BCUT2D eigenvalue weighted by Crippen LogP contribution is -2.25. The van der Waals surface area contributed by atoms with Crippen LogP contribution in [0.3, 0.4) is 0 Å². The van der Waals surface area contributed by atoms with Crippen LogP contribution in [0.5, 0.6) is 5.75 Å². The Bertz CT molecular complexity index is 795. The van der Waals surface area contributed by atoms with Gasteiger partial charge in [-0.2, -0.15) is 0 Å². The zero-order chi connectivity index (χ0) is 19.4. The molecule has 0 fully saturated rings. The monoisotopic (exact) mass is 399 g/mol. The minimum absolute atomic E-state index is 0.307. The van der Waals surface area contributed by atoms with E-state index in [2.05, 4.69) is 20.8 Å². The first-order valence-corrected chi connectivity index (χ1v) is 10.4. The van der Waals surface area contributed by atoms with Crippen LogP contribution in [0.1, 0.15) is 26.5 Å². The molecule has 0 aliphatic carbocycles. The predicted octanol–water partition coefficient (Wildman–Crippen LogP) is 5.78. The van der Waals surface area contributed by atoms with Crippen molar-refractivity contribution < 1.29 is 18.4 Å². The van der Waals surface area contributed by atoms with Gasteiger partial charge in [0.2, 0.25) is 0 Å². The second kappa shape index (κ2) is 8.62. The van der Waals surface area contributed by atoms with Gasteiger partial charge in [-0.1, -0.05) is 32.4 Å². The molecule has 1 unspecified atom stereocenters. The zero-order valence-electron chi connectivity index (χ0n) is 16.2. The smallest absolute Gasteiger partial charge is 0.169 e. The molecule has 0 aliphatic rings. The molecule has 0 amide bonds. The Balaban J connectivity index is 2.75. The topological polar surface area (TPSA) is 53.2 Å². The van der Waals surface area contributed by atoms with Crippen LogP contribution >= 0.6 is 18.9 Å². The second-order valence-electron chi connectivity index (χ2n) is 6.87. The Hall–Kier alpha value is -1.26. The Morgan fingerprint density at radius 2 is 1.85 bits per heavy atom. The maximum atomic E-state index is 6.40. The van der Waals surface area contributed by atoms with Gasteiger partial charge in [0.05, 0.1) is 20.3 Å². The number of ether oxygens (including phenoxy) is 2. The zero-order valence-corrected chi connectivity index (χ0v) is 17.9. The highest BCUT2D eigenvalue weighted by atomic mass is 35.5.